The highest BCUT2D eigenvalue weighted by Crippen LogP contribution is 2.34. The van der Waals surface area contributed by atoms with Crippen molar-refractivity contribution in [3.63, 3.8) is 0 Å². The van der Waals surface area contributed by atoms with Gasteiger partial charge in [0.2, 0.25) is 0 Å². The lowest BCUT2D eigenvalue weighted by Crippen LogP contribution is -2.41. The first-order valence-corrected chi connectivity index (χ1v) is 15.0. The molecule has 1 fully saturated rings. The van der Waals surface area contributed by atoms with Gasteiger partial charge in [-0.3, -0.25) is 0 Å². The van der Waals surface area contributed by atoms with E-state index in [1.807, 2.05) is 51.6 Å². The Kier molecular flexibility index (Phi) is 9.22. The van der Waals surface area contributed by atoms with Gasteiger partial charge < -0.3 is 24.1 Å². The fourth-order valence-corrected chi connectivity index (χ4v) is 5.56. The SMILES string of the molecule is CC(C)(C)OC(=O)N1CCC(c2nc3cc(Cl)c(Cl)cc3n2Cc2ccc(CNCCCn3ccnc3)cc2)CC1. The van der Waals surface area contributed by atoms with Gasteiger partial charge in [0.05, 0.1) is 27.4 Å². The molecule has 10 heteroatoms. The summed E-state index contributed by atoms with van der Waals surface area (Å²) in [6.07, 6.45) is 8.07. The molecule has 0 unspecified atom stereocenters. The molecule has 3 heterocycles. The highest BCUT2D eigenvalue weighted by atomic mass is 35.5. The number of aromatic nitrogens is 4. The Balaban J connectivity index is 1.26. The van der Waals surface area contributed by atoms with Crippen LogP contribution in [0.25, 0.3) is 11.0 Å². The molecule has 0 saturated carbocycles. The van der Waals surface area contributed by atoms with Crippen molar-refractivity contribution in [2.24, 2.45) is 0 Å². The summed E-state index contributed by atoms with van der Waals surface area (Å²) in [6, 6.07) is 12.5. The topological polar surface area (TPSA) is 77.2 Å². The Labute approximate surface area is 251 Å². The average Bonchev–Trinajstić information content (AvgIpc) is 3.57. The van der Waals surface area contributed by atoms with Gasteiger partial charge >= 0.3 is 6.09 Å². The number of ether oxygens (including phenoxy) is 1. The molecular weight excluding hydrogens is 559 g/mol. The molecule has 0 radical (unpaired) electrons. The number of hydrogen-bond acceptors (Lipinski definition) is 5. The zero-order chi connectivity index (χ0) is 29.0. The molecule has 5 rings (SSSR count). The number of piperidine rings is 1. The number of nitrogens with zero attached hydrogens (tertiary/aromatic N) is 5. The third-order valence-electron chi connectivity index (χ3n) is 7.35. The van der Waals surface area contributed by atoms with Crippen molar-refractivity contribution in [3.05, 3.63) is 82.1 Å². The molecule has 8 nitrogen and oxygen atoms in total. The van der Waals surface area contributed by atoms with Crippen molar-refractivity contribution in [1.82, 2.24) is 29.3 Å². The minimum absolute atomic E-state index is 0.212. The molecule has 1 amide bonds. The molecule has 1 N–H and O–H groups in total. The molecule has 218 valence electrons. The normalized spacial score (nSPS) is 14.6. The lowest BCUT2D eigenvalue weighted by Gasteiger charge is -2.33. The van der Waals surface area contributed by atoms with E-state index < -0.39 is 5.60 Å². The van der Waals surface area contributed by atoms with Crippen LogP contribution in [0, 0.1) is 0 Å². The van der Waals surface area contributed by atoms with Gasteiger partial charge in [-0.25, -0.2) is 14.8 Å². The third-order valence-corrected chi connectivity index (χ3v) is 8.08. The number of likely N-dealkylation sites (tertiary alicyclic amines) is 1. The molecule has 2 aromatic carbocycles. The van der Waals surface area contributed by atoms with E-state index in [1.165, 1.54) is 11.1 Å². The maximum atomic E-state index is 12.6. The second kappa shape index (κ2) is 12.8. The van der Waals surface area contributed by atoms with Crippen LogP contribution < -0.4 is 5.32 Å². The lowest BCUT2D eigenvalue weighted by molar-refractivity contribution is 0.0202. The minimum Gasteiger partial charge on any atom is -0.444 e. The second-order valence-corrected chi connectivity index (χ2v) is 12.5. The summed E-state index contributed by atoms with van der Waals surface area (Å²) in [5, 5.41) is 4.54. The van der Waals surface area contributed by atoms with E-state index >= 15 is 0 Å². The number of benzene rings is 2. The van der Waals surface area contributed by atoms with Crippen molar-refractivity contribution < 1.29 is 9.53 Å². The van der Waals surface area contributed by atoms with Crippen molar-refractivity contribution in [3.8, 4) is 0 Å². The number of carbonyl (C=O) groups excluding carboxylic acids is 1. The quantitative estimate of drug-likeness (QED) is 0.213. The van der Waals surface area contributed by atoms with Crippen LogP contribution in [0.1, 0.15) is 62.9 Å². The molecule has 0 bridgehead atoms. The Morgan fingerprint density at radius 1 is 1.07 bits per heavy atom. The number of halogens is 2. The van der Waals surface area contributed by atoms with E-state index in [4.69, 9.17) is 32.9 Å². The molecule has 2 aromatic heterocycles. The number of aryl methyl sites for hydroxylation is 1. The summed E-state index contributed by atoms with van der Waals surface area (Å²) < 4.78 is 9.94. The maximum Gasteiger partial charge on any atom is 0.410 e. The first-order chi connectivity index (χ1) is 19.7. The first-order valence-electron chi connectivity index (χ1n) is 14.2. The van der Waals surface area contributed by atoms with Crippen LogP contribution in [0.15, 0.2) is 55.1 Å². The Morgan fingerprint density at radius 2 is 1.78 bits per heavy atom. The largest absolute Gasteiger partial charge is 0.444 e. The minimum atomic E-state index is -0.507. The van der Waals surface area contributed by atoms with Gasteiger partial charge in [-0.1, -0.05) is 47.5 Å². The van der Waals surface area contributed by atoms with Gasteiger partial charge in [-0.15, -0.1) is 0 Å². The second-order valence-electron chi connectivity index (χ2n) is 11.7. The number of imidazole rings is 2. The lowest BCUT2D eigenvalue weighted by atomic mass is 9.96. The Morgan fingerprint density at radius 3 is 2.46 bits per heavy atom. The van der Waals surface area contributed by atoms with Crippen LogP contribution in [0.4, 0.5) is 4.79 Å². The monoisotopic (exact) mass is 596 g/mol. The molecule has 1 saturated heterocycles. The van der Waals surface area contributed by atoms with Crippen molar-refractivity contribution in [2.75, 3.05) is 19.6 Å². The van der Waals surface area contributed by atoms with Crippen molar-refractivity contribution in [1.29, 1.82) is 0 Å². The van der Waals surface area contributed by atoms with Crippen LogP contribution in [0.5, 0.6) is 0 Å². The maximum absolute atomic E-state index is 12.6. The Bertz CT molecular complexity index is 1450. The van der Waals surface area contributed by atoms with E-state index in [9.17, 15) is 4.79 Å². The summed E-state index contributed by atoms with van der Waals surface area (Å²) in [5.41, 5.74) is 3.73. The van der Waals surface area contributed by atoms with E-state index in [-0.39, 0.29) is 12.0 Å². The van der Waals surface area contributed by atoms with Crippen molar-refractivity contribution in [2.45, 2.75) is 71.2 Å². The van der Waals surface area contributed by atoms with Crippen LogP contribution in [0.2, 0.25) is 10.0 Å². The van der Waals surface area contributed by atoms with Crippen molar-refractivity contribution >= 4 is 40.3 Å². The molecule has 0 atom stereocenters. The fourth-order valence-electron chi connectivity index (χ4n) is 5.25. The molecule has 1 aliphatic heterocycles. The van der Waals surface area contributed by atoms with Gasteiger partial charge in [-0.05, 0) is 69.8 Å². The smallest absolute Gasteiger partial charge is 0.410 e. The molecule has 1 aliphatic rings. The predicted octanol–water partition coefficient (Wildman–Crippen LogP) is 6.88. The highest BCUT2D eigenvalue weighted by Gasteiger charge is 2.30. The summed E-state index contributed by atoms with van der Waals surface area (Å²) in [4.78, 5) is 23.5. The predicted molar refractivity (Wildman–Crippen MR) is 164 cm³/mol. The molecular formula is C31H38Cl2N6O2. The zero-order valence-corrected chi connectivity index (χ0v) is 25.5. The number of rotatable bonds is 9. The zero-order valence-electron chi connectivity index (χ0n) is 23.9. The molecule has 41 heavy (non-hydrogen) atoms. The highest BCUT2D eigenvalue weighted by molar-refractivity contribution is 6.42. The average molecular weight is 598 g/mol. The molecule has 0 spiro atoms. The number of nitrogens with one attached hydrogen (secondary N) is 1. The van der Waals surface area contributed by atoms with E-state index in [0.717, 1.165) is 55.8 Å². The van der Waals surface area contributed by atoms with Gasteiger partial charge in [0.15, 0.2) is 0 Å². The molecule has 4 aromatic rings. The van der Waals surface area contributed by atoms with Crippen LogP contribution in [-0.2, 0) is 24.4 Å². The van der Waals surface area contributed by atoms with E-state index in [2.05, 4.69) is 43.7 Å². The molecule has 0 aliphatic carbocycles. The number of carbonyl (C=O) groups is 1. The fraction of sp³-hybridized carbons (Fsp3) is 0.452. The summed E-state index contributed by atoms with van der Waals surface area (Å²) >= 11 is 12.8. The third kappa shape index (κ3) is 7.61. The van der Waals surface area contributed by atoms with Gasteiger partial charge in [0.25, 0.3) is 0 Å². The number of fused-ring (bicyclic) bond motifs is 1. The van der Waals surface area contributed by atoms with Gasteiger partial charge in [-0.2, -0.15) is 0 Å². The standard InChI is InChI=1S/C31H38Cl2N6O2/c1-31(2,3)41-30(40)38-14-9-24(10-15-38)29-36-27-17-25(32)26(33)18-28(27)39(29)20-23-7-5-22(6-8-23)19-34-11-4-13-37-16-12-35-21-37/h5-8,12,16-18,21,24,34H,4,9-11,13-15,19-20H2,1-3H3. The van der Waals surface area contributed by atoms with Crippen LogP contribution >= 0.6 is 23.2 Å². The van der Waals surface area contributed by atoms with E-state index in [0.29, 0.717) is 29.7 Å². The van der Waals surface area contributed by atoms with Crippen LogP contribution in [0.3, 0.4) is 0 Å². The van der Waals surface area contributed by atoms with Crippen LogP contribution in [-0.4, -0.2) is 55.3 Å². The first kappa shape index (κ1) is 29.4. The number of hydrogen-bond donors (Lipinski definition) is 1. The summed E-state index contributed by atoms with van der Waals surface area (Å²) in [6.45, 7) is 10.4. The summed E-state index contributed by atoms with van der Waals surface area (Å²) in [5.74, 6) is 1.22. The van der Waals surface area contributed by atoms with Gasteiger partial charge in [0, 0.05) is 51.0 Å². The van der Waals surface area contributed by atoms with Gasteiger partial charge in [0.1, 0.15) is 11.4 Å². The Hall–Kier alpha value is -3.07. The van der Waals surface area contributed by atoms with E-state index in [1.54, 1.807) is 4.90 Å². The number of amides is 1. The summed E-state index contributed by atoms with van der Waals surface area (Å²) in [7, 11) is 0.